The van der Waals surface area contributed by atoms with Crippen molar-refractivity contribution in [1.29, 1.82) is 0 Å². The lowest BCUT2D eigenvalue weighted by molar-refractivity contribution is 0.189. The molecule has 17 heavy (non-hydrogen) atoms. The molecule has 1 N–H and O–H groups in total. The number of nitrogens with one attached hydrogen (secondary N) is 1. The Hall–Kier alpha value is -1.02. The molecule has 2 rings (SSSR count). The van der Waals surface area contributed by atoms with Gasteiger partial charge in [0.1, 0.15) is 11.9 Å². The zero-order valence-electron chi connectivity index (χ0n) is 11.3. The number of rotatable bonds is 4. The largest absolute Gasteiger partial charge is 0.488 e. The van der Waals surface area contributed by atoms with Gasteiger partial charge in [-0.15, -0.1) is 0 Å². The standard InChI is InChI=1S/C15H23NO/c1-5-10(3)11-7-8-14-12(9-11)15(16-4)13(6-2)17-14/h7-10,13,15-16H,5-6H2,1-4H3. The lowest BCUT2D eigenvalue weighted by atomic mass is 9.93. The fraction of sp³-hybridized carbons (Fsp3) is 0.600. The van der Waals surface area contributed by atoms with Gasteiger partial charge in [-0.2, -0.15) is 0 Å². The molecule has 0 bridgehead atoms. The number of fused-ring (bicyclic) bond motifs is 1. The molecule has 1 aliphatic heterocycles. The van der Waals surface area contributed by atoms with Gasteiger partial charge in [-0.25, -0.2) is 0 Å². The van der Waals surface area contributed by atoms with Crippen LogP contribution >= 0.6 is 0 Å². The van der Waals surface area contributed by atoms with Gasteiger partial charge >= 0.3 is 0 Å². The Kier molecular flexibility index (Phi) is 3.72. The minimum atomic E-state index is 0.280. The van der Waals surface area contributed by atoms with Crippen LogP contribution in [-0.2, 0) is 0 Å². The first-order valence-electron chi connectivity index (χ1n) is 6.69. The third kappa shape index (κ3) is 2.19. The molecule has 0 fully saturated rings. The van der Waals surface area contributed by atoms with Crippen molar-refractivity contribution >= 4 is 0 Å². The van der Waals surface area contributed by atoms with Crippen LogP contribution in [0.25, 0.3) is 0 Å². The Labute approximate surface area is 104 Å². The summed E-state index contributed by atoms with van der Waals surface area (Å²) in [7, 11) is 2.02. The predicted octanol–water partition coefficient (Wildman–Crippen LogP) is 3.63. The fourth-order valence-electron chi connectivity index (χ4n) is 2.55. The van der Waals surface area contributed by atoms with Crippen LogP contribution in [0.4, 0.5) is 0 Å². The molecule has 1 aliphatic rings. The number of ether oxygens (including phenoxy) is 1. The van der Waals surface area contributed by atoms with E-state index in [0.717, 1.165) is 12.2 Å². The van der Waals surface area contributed by atoms with E-state index in [0.29, 0.717) is 12.0 Å². The lowest BCUT2D eigenvalue weighted by Gasteiger charge is -2.16. The van der Waals surface area contributed by atoms with Gasteiger partial charge in [0.05, 0.1) is 6.04 Å². The van der Waals surface area contributed by atoms with Crippen LogP contribution < -0.4 is 10.1 Å². The quantitative estimate of drug-likeness (QED) is 0.857. The number of hydrogen-bond acceptors (Lipinski definition) is 2. The van der Waals surface area contributed by atoms with Crippen LogP contribution in [0.5, 0.6) is 5.75 Å². The lowest BCUT2D eigenvalue weighted by Crippen LogP contribution is -2.27. The average molecular weight is 233 g/mol. The molecule has 2 heteroatoms. The highest BCUT2D eigenvalue weighted by Gasteiger charge is 2.32. The topological polar surface area (TPSA) is 21.3 Å². The van der Waals surface area contributed by atoms with Crippen LogP contribution in [0, 0.1) is 0 Å². The smallest absolute Gasteiger partial charge is 0.124 e. The van der Waals surface area contributed by atoms with Gasteiger partial charge in [0, 0.05) is 5.56 Å². The van der Waals surface area contributed by atoms with Gasteiger partial charge in [-0.1, -0.05) is 32.9 Å². The van der Waals surface area contributed by atoms with Crippen LogP contribution in [-0.4, -0.2) is 13.2 Å². The van der Waals surface area contributed by atoms with Gasteiger partial charge in [-0.3, -0.25) is 0 Å². The summed E-state index contributed by atoms with van der Waals surface area (Å²) in [6.45, 7) is 6.69. The Morgan fingerprint density at radius 1 is 1.35 bits per heavy atom. The third-order valence-electron chi connectivity index (χ3n) is 3.91. The van der Waals surface area contributed by atoms with Crippen molar-refractivity contribution in [2.24, 2.45) is 0 Å². The first-order chi connectivity index (χ1) is 8.21. The molecule has 3 atom stereocenters. The molecule has 1 aromatic carbocycles. The molecular weight excluding hydrogens is 210 g/mol. The van der Waals surface area contributed by atoms with E-state index in [9.17, 15) is 0 Å². The Morgan fingerprint density at radius 3 is 2.71 bits per heavy atom. The molecule has 1 heterocycles. The molecule has 0 aromatic heterocycles. The van der Waals surface area contributed by atoms with E-state index in [1.807, 2.05) is 7.05 Å². The molecule has 0 aliphatic carbocycles. The highest BCUT2D eigenvalue weighted by Crippen LogP contribution is 2.39. The van der Waals surface area contributed by atoms with Gasteiger partial charge in [0.15, 0.2) is 0 Å². The van der Waals surface area contributed by atoms with Crippen molar-refractivity contribution in [3.63, 3.8) is 0 Å². The Morgan fingerprint density at radius 2 is 2.12 bits per heavy atom. The van der Waals surface area contributed by atoms with Crippen LogP contribution in [0.3, 0.4) is 0 Å². The zero-order chi connectivity index (χ0) is 12.4. The molecule has 3 unspecified atom stereocenters. The van der Waals surface area contributed by atoms with E-state index < -0.39 is 0 Å². The zero-order valence-corrected chi connectivity index (χ0v) is 11.3. The second-order valence-electron chi connectivity index (χ2n) is 4.94. The summed E-state index contributed by atoms with van der Waals surface area (Å²) >= 11 is 0. The SMILES string of the molecule is CCC(C)c1ccc2c(c1)C(NC)C(CC)O2. The Bertz CT molecular complexity index is 389. The minimum absolute atomic E-state index is 0.280. The number of likely N-dealkylation sites (N-methyl/N-ethyl adjacent to an activating group) is 1. The van der Waals surface area contributed by atoms with Gasteiger partial charge in [0.25, 0.3) is 0 Å². The van der Waals surface area contributed by atoms with Crippen molar-refractivity contribution < 1.29 is 4.74 Å². The van der Waals surface area contributed by atoms with Crippen molar-refractivity contribution in [3.05, 3.63) is 29.3 Å². The maximum absolute atomic E-state index is 5.97. The van der Waals surface area contributed by atoms with Crippen LogP contribution in [0.1, 0.15) is 56.7 Å². The van der Waals surface area contributed by atoms with Crippen molar-refractivity contribution in [2.45, 2.75) is 51.7 Å². The molecule has 0 saturated carbocycles. The van der Waals surface area contributed by atoms with Gasteiger partial charge < -0.3 is 10.1 Å². The van der Waals surface area contributed by atoms with Crippen LogP contribution in [0.15, 0.2) is 18.2 Å². The van der Waals surface area contributed by atoms with E-state index in [4.69, 9.17) is 4.74 Å². The summed E-state index contributed by atoms with van der Waals surface area (Å²) in [6, 6.07) is 7.01. The molecule has 1 aromatic rings. The first-order valence-corrected chi connectivity index (χ1v) is 6.69. The van der Waals surface area contributed by atoms with E-state index >= 15 is 0 Å². The summed E-state index contributed by atoms with van der Waals surface area (Å²) in [4.78, 5) is 0. The normalized spacial score (nSPS) is 24.2. The van der Waals surface area contributed by atoms with Crippen molar-refractivity contribution in [2.75, 3.05) is 7.05 Å². The summed E-state index contributed by atoms with van der Waals surface area (Å²) in [6.07, 6.45) is 2.50. The van der Waals surface area contributed by atoms with Crippen molar-refractivity contribution in [3.8, 4) is 5.75 Å². The summed E-state index contributed by atoms with van der Waals surface area (Å²) in [5, 5.41) is 3.38. The van der Waals surface area contributed by atoms with E-state index in [-0.39, 0.29) is 6.10 Å². The molecule has 0 amide bonds. The molecule has 0 spiro atoms. The number of benzene rings is 1. The maximum atomic E-state index is 5.97. The molecule has 0 radical (unpaired) electrons. The first kappa shape index (κ1) is 12.4. The van der Waals surface area contributed by atoms with Gasteiger partial charge in [0.2, 0.25) is 0 Å². The second-order valence-corrected chi connectivity index (χ2v) is 4.94. The molecular formula is C15H23NO. The third-order valence-corrected chi connectivity index (χ3v) is 3.91. The van der Waals surface area contributed by atoms with Crippen LogP contribution in [0.2, 0.25) is 0 Å². The summed E-state index contributed by atoms with van der Waals surface area (Å²) in [5.41, 5.74) is 2.75. The highest BCUT2D eigenvalue weighted by molar-refractivity contribution is 5.44. The fourth-order valence-corrected chi connectivity index (χ4v) is 2.55. The Balaban J connectivity index is 2.33. The van der Waals surface area contributed by atoms with E-state index in [2.05, 4.69) is 44.3 Å². The summed E-state index contributed by atoms with van der Waals surface area (Å²) < 4.78 is 5.97. The van der Waals surface area contributed by atoms with E-state index in [1.165, 1.54) is 17.5 Å². The van der Waals surface area contributed by atoms with Gasteiger partial charge in [-0.05, 0) is 37.4 Å². The molecule has 94 valence electrons. The predicted molar refractivity (Wildman–Crippen MR) is 71.7 cm³/mol. The summed E-state index contributed by atoms with van der Waals surface area (Å²) in [5.74, 6) is 1.68. The van der Waals surface area contributed by atoms with E-state index in [1.54, 1.807) is 0 Å². The van der Waals surface area contributed by atoms with Crippen molar-refractivity contribution in [1.82, 2.24) is 5.32 Å². The molecule has 2 nitrogen and oxygen atoms in total. The average Bonchev–Trinajstić information content (AvgIpc) is 2.74. The monoisotopic (exact) mass is 233 g/mol. The second kappa shape index (κ2) is 5.09. The minimum Gasteiger partial charge on any atom is -0.488 e. The molecule has 0 saturated heterocycles. The number of hydrogen-bond donors (Lipinski definition) is 1. The highest BCUT2D eigenvalue weighted by atomic mass is 16.5. The maximum Gasteiger partial charge on any atom is 0.124 e.